The van der Waals surface area contributed by atoms with E-state index in [9.17, 15) is 4.79 Å². The highest BCUT2D eigenvalue weighted by Crippen LogP contribution is 2.40. The lowest BCUT2D eigenvalue weighted by Gasteiger charge is -2.15. The minimum Gasteiger partial charge on any atom is -0.492 e. The molecule has 5 aromatic rings. The SMILES string of the molecule is O=C(Nc1ccc(-c2sc3ccccc3c2Cc2ccc(OCCN3CCCC3)cc2)cc1)c1ccno1.O=C(O)C(=O)O. The molecule has 10 nitrogen and oxygen atoms in total. The number of carboxylic acid groups (broad SMARTS) is 2. The van der Waals surface area contributed by atoms with Crippen LogP contribution in [0.1, 0.15) is 34.5 Å². The molecular weight excluding hydrogens is 582 g/mol. The molecule has 6 rings (SSSR count). The Balaban J connectivity index is 0.000000584. The summed E-state index contributed by atoms with van der Waals surface area (Å²) in [5.74, 6) is -2.86. The molecule has 1 aliphatic rings. The Morgan fingerprint density at radius 1 is 0.909 bits per heavy atom. The van der Waals surface area contributed by atoms with E-state index in [1.165, 1.54) is 58.2 Å². The number of ether oxygens (including phenoxy) is 1. The second-order valence-electron chi connectivity index (χ2n) is 10.1. The van der Waals surface area contributed by atoms with Gasteiger partial charge in [0.05, 0.1) is 6.20 Å². The highest BCUT2D eigenvalue weighted by Gasteiger charge is 2.16. The van der Waals surface area contributed by atoms with E-state index >= 15 is 0 Å². The van der Waals surface area contributed by atoms with Crippen LogP contribution in [0.15, 0.2) is 89.6 Å². The Kier molecular flexibility index (Phi) is 10.0. The first-order valence-electron chi connectivity index (χ1n) is 14.1. The van der Waals surface area contributed by atoms with Crippen LogP contribution in [0.25, 0.3) is 20.5 Å². The van der Waals surface area contributed by atoms with Crippen LogP contribution in [0.5, 0.6) is 5.75 Å². The molecule has 0 aliphatic carbocycles. The number of aliphatic carboxylic acids is 2. The number of carbonyl (C=O) groups is 3. The number of aromatic nitrogens is 1. The zero-order valence-electron chi connectivity index (χ0n) is 23.8. The number of carboxylic acids is 2. The number of carbonyl (C=O) groups excluding carboxylic acids is 1. The number of hydrogen-bond donors (Lipinski definition) is 3. The summed E-state index contributed by atoms with van der Waals surface area (Å²) in [5.41, 5.74) is 4.39. The molecule has 0 unspecified atom stereocenters. The third kappa shape index (κ3) is 7.88. The number of nitrogens with zero attached hydrogens (tertiary/aromatic N) is 2. The smallest absolute Gasteiger partial charge is 0.414 e. The van der Waals surface area contributed by atoms with Crippen LogP contribution < -0.4 is 10.1 Å². The number of rotatable bonds is 9. The van der Waals surface area contributed by atoms with Gasteiger partial charge in [-0.3, -0.25) is 9.69 Å². The molecule has 1 fully saturated rings. The molecule has 3 N–H and O–H groups in total. The molecular formula is C33H31N3O7S. The van der Waals surface area contributed by atoms with Gasteiger partial charge in [-0.1, -0.05) is 47.6 Å². The third-order valence-corrected chi connectivity index (χ3v) is 8.39. The monoisotopic (exact) mass is 613 g/mol. The van der Waals surface area contributed by atoms with E-state index in [2.05, 4.69) is 76.0 Å². The highest BCUT2D eigenvalue weighted by molar-refractivity contribution is 7.22. The van der Waals surface area contributed by atoms with Crippen molar-refractivity contribution in [3.63, 3.8) is 0 Å². The average Bonchev–Trinajstić information content (AvgIpc) is 3.82. The zero-order valence-corrected chi connectivity index (χ0v) is 24.6. The fraction of sp³-hybridized carbons (Fsp3) is 0.212. The van der Waals surface area contributed by atoms with Crippen LogP contribution in [0.4, 0.5) is 5.69 Å². The van der Waals surface area contributed by atoms with E-state index in [1.54, 1.807) is 17.4 Å². The van der Waals surface area contributed by atoms with Crippen molar-refractivity contribution in [1.82, 2.24) is 10.1 Å². The van der Waals surface area contributed by atoms with Gasteiger partial charge < -0.3 is 24.8 Å². The lowest BCUT2D eigenvalue weighted by Crippen LogP contribution is -2.25. The van der Waals surface area contributed by atoms with E-state index in [0.717, 1.165) is 30.9 Å². The maximum atomic E-state index is 12.3. The molecule has 3 aromatic carbocycles. The number of nitrogens with one attached hydrogen (secondary N) is 1. The molecule has 1 aliphatic heterocycles. The van der Waals surface area contributed by atoms with Gasteiger partial charge in [0.15, 0.2) is 0 Å². The van der Waals surface area contributed by atoms with Gasteiger partial charge in [0.25, 0.3) is 5.91 Å². The first-order chi connectivity index (χ1) is 21.4. The molecule has 1 amide bonds. The van der Waals surface area contributed by atoms with Gasteiger partial charge in [-0.25, -0.2) is 9.59 Å². The predicted octanol–water partition coefficient (Wildman–Crippen LogP) is 6.03. The Hall–Kier alpha value is -5.00. The van der Waals surface area contributed by atoms with Gasteiger partial charge in [-0.2, -0.15) is 0 Å². The van der Waals surface area contributed by atoms with E-state index in [0.29, 0.717) is 5.69 Å². The summed E-state index contributed by atoms with van der Waals surface area (Å²) in [5, 5.41) is 22.5. The van der Waals surface area contributed by atoms with Gasteiger partial charge in [0.1, 0.15) is 12.4 Å². The lowest BCUT2D eigenvalue weighted by atomic mass is 9.99. The maximum absolute atomic E-state index is 12.3. The summed E-state index contributed by atoms with van der Waals surface area (Å²) >= 11 is 1.80. The standard InChI is InChI=1S/C31H29N3O3S.C2H2O4/c35-31(28-15-16-32-37-28)33-24-11-9-23(10-12-24)30-27(26-5-1-2-6-29(26)38-30)21-22-7-13-25(14-8-22)36-20-19-34-17-3-4-18-34;3-1(4)2(5)6/h1-2,5-16H,3-4,17-21H2,(H,33,35);(H,3,4)(H,5,6). The number of hydrogen-bond acceptors (Lipinski definition) is 8. The molecule has 0 atom stereocenters. The Labute approximate surface area is 257 Å². The molecule has 0 bridgehead atoms. The van der Waals surface area contributed by atoms with Crippen molar-refractivity contribution in [3.8, 4) is 16.2 Å². The van der Waals surface area contributed by atoms with Crippen molar-refractivity contribution in [2.24, 2.45) is 0 Å². The summed E-state index contributed by atoms with van der Waals surface area (Å²) in [6.45, 7) is 4.11. The summed E-state index contributed by atoms with van der Waals surface area (Å²) < 4.78 is 12.2. The topological polar surface area (TPSA) is 142 Å². The molecule has 0 saturated carbocycles. The number of anilines is 1. The van der Waals surface area contributed by atoms with Crippen molar-refractivity contribution in [3.05, 3.63) is 102 Å². The minimum atomic E-state index is -1.82. The molecule has 0 radical (unpaired) electrons. The summed E-state index contributed by atoms with van der Waals surface area (Å²) in [6, 6.07) is 26.6. The number of fused-ring (bicyclic) bond motifs is 1. The highest BCUT2D eigenvalue weighted by atomic mass is 32.1. The van der Waals surface area contributed by atoms with Crippen LogP contribution in [0.3, 0.4) is 0 Å². The van der Waals surface area contributed by atoms with Crippen molar-refractivity contribution >= 4 is 45.0 Å². The van der Waals surface area contributed by atoms with E-state index in [4.69, 9.17) is 29.1 Å². The Morgan fingerprint density at radius 3 is 2.27 bits per heavy atom. The van der Waals surface area contributed by atoms with Crippen LogP contribution in [0, 0.1) is 0 Å². The Morgan fingerprint density at radius 2 is 1.61 bits per heavy atom. The number of likely N-dealkylation sites (tertiary alicyclic amines) is 1. The van der Waals surface area contributed by atoms with Crippen LogP contribution >= 0.6 is 11.3 Å². The number of thiophene rings is 1. The van der Waals surface area contributed by atoms with Crippen LogP contribution in [0.2, 0.25) is 0 Å². The lowest BCUT2D eigenvalue weighted by molar-refractivity contribution is -0.159. The fourth-order valence-corrected chi connectivity index (χ4v) is 6.17. The second kappa shape index (κ2) is 14.5. The number of benzene rings is 3. The molecule has 226 valence electrons. The Bertz CT molecular complexity index is 1700. The van der Waals surface area contributed by atoms with E-state index < -0.39 is 11.9 Å². The first-order valence-corrected chi connectivity index (χ1v) is 14.9. The molecule has 44 heavy (non-hydrogen) atoms. The largest absolute Gasteiger partial charge is 0.492 e. The molecule has 11 heteroatoms. The van der Waals surface area contributed by atoms with E-state index in [-0.39, 0.29) is 11.7 Å². The van der Waals surface area contributed by atoms with Crippen LogP contribution in [-0.2, 0) is 16.0 Å². The predicted molar refractivity (Wildman–Crippen MR) is 167 cm³/mol. The van der Waals surface area contributed by atoms with Gasteiger partial charge >= 0.3 is 11.9 Å². The normalized spacial score (nSPS) is 12.8. The minimum absolute atomic E-state index is 0.184. The zero-order chi connectivity index (χ0) is 30.9. The van der Waals surface area contributed by atoms with Crippen LogP contribution in [-0.4, -0.2) is 64.4 Å². The first kappa shape index (κ1) is 30.5. The average molecular weight is 614 g/mol. The van der Waals surface area contributed by atoms with Gasteiger partial charge in [-0.15, -0.1) is 11.3 Å². The molecule has 0 spiro atoms. The van der Waals surface area contributed by atoms with Gasteiger partial charge in [-0.05, 0) is 84.8 Å². The second-order valence-corrected chi connectivity index (χ2v) is 11.2. The fourth-order valence-electron chi connectivity index (χ4n) is 4.94. The maximum Gasteiger partial charge on any atom is 0.414 e. The van der Waals surface area contributed by atoms with Crippen molar-refractivity contribution in [2.75, 3.05) is 31.6 Å². The molecule has 3 heterocycles. The summed E-state index contributed by atoms with van der Waals surface area (Å²) in [7, 11) is 0. The van der Waals surface area contributed by atoms with Crippen molar-refractivity contribution in [1.29, 1.82) is 0 Å². The van der Waals surface area contributed by atoms with Gasteiger partial charge in [0, 0.05) is 27.9 Å². The van der Waals surface area contributed by atoms with E-state index in [1.807, 2.05) is 12.1 Å². The quantitative estimate of drug-likeness (QED) is 0.170. The number of amides is 1. The van der Waals surface area contributed by atoms with Crippen molar-refractivity contribution in [2.45, 2.75) is 19.3 Å². The van der Waals surface area contributed by atoms with Gasteiger partial charge in [0.2, 0.25) is 5.76 Å². The summed E-state index contributed by atoms with van der Waals surface area (Å²) in [6.07, 6.45) is 4.89. The molecule has 2 aromatic heterocycles. The van der Waals surface area contributed by atoms with Crippen molar-refractivity contribution < 1.29 is 33.9 Å². The summed E-state index contributed by atoms with van der Waals surface area (Å²) in [4.78, 5) is 34.2. The molecule has 1 saturated heterocycles. The third-order valence-electron chi connectivity index (χ3n) is 7.13.